The molecular formula is C23H32F2O10S. The summed E-state index contributed by atoms with van der Waals surface area (Å²) in [5.41, 5.74) is -0.650. The fourth-order valence-electron chi connectivity index (χ4n) is 7.06. The largest absolute Gasteiger partial charge is 0.465 e. The van der Waals surface area contributed by atoms with E-state index in [1.165, 1.54) is 0 Å². The summed E-state index contributed by atoms with van der Waals surface area (Å²) in [4.78, 5) is 24.3. The van der Waals surface area contributed by atoms with Crippen molar-refractivity contribution in [3.8, 4) is 0 Å². The van der Waals surface area contributed by atoms with Gasteiger partial charge in [-0.25, -0.2) is 9.59 Å². The second-order valence-electron chi connectivity index (χ2n) is 11.0. The molecule has 5 saturated carbocycles. The predicted molar refractivity (Wildman–Crippen MR) is 116 cm³/mol. The van der Waals surface area contributed by atoms with Crippen molar-refractivity contribution in [2.45, 2.75) is 93.1 Å². The van der Waals surface area contributed by atoms with Crippen LogP contribution in [0.15, 0.2) is 0 Å². The second-order valence-corrected chi connectivity index (χ2v) is 12.5. The van der Waals surface area contributed by atoms with Crippen LogP contribution in [-0.4, -0.2) is 73.6 Å². The number of carbonyl (C=O) groups excluding carboxylic acids is 2. The van der Waals surface area contributed by atoms with Gasteiger partial charge in [-0.1, -0.05) is 6.42 Å². The Labute approximate surface area is 208 Å². The summed E-state index contributed by atoms with van der Waals surface area (Å²) in [5.74, 6) is -3.72. The Morgan fingerprint density at radius 1 is 1.06 bits per heavy atom. The summed E-state index contributed by atoms with van der Waals surface area (Å²) in [6.45, 7) is 0.181. The van der Waals surface area contributed by atoms with Crippen LogP contribution in [0.25, 0.3) is 0 Å². The molecular weight excluding hydrogens is 506 g/mol. The molecule has 1 spiro atoms. The van der Waals surface area contributed by atoms with Gasteiger partial charge in [0.1, 0.15) is 25.4 Å². The highest BCUT2D eigenvalue weighted by Crippen LogP contribution is 2.58. The Morgan fingerprint density at radius 2 is 1.72 bits per heavy atom. The number of halogens is 2. The Hall–Kier alpha value is -1.41. The van der Waals surface area contributed by atoms with Crippen molar-refractivity contribution in [3.63, 3.8) is 0 Å². The maximum atomic E-state index is 13.7. The van der Waals surface area contributed by atoms with Crippen molar-refractivity contribution in [1.29, 1.82) is 0 Å². The number of rotatable bonds is 8. The average molecular weight is 539 g/mol. The molecule has 0 aromatic rings. The van der Waals surface area contributed by atoms with Crippen LogP contribution in [0.4, 0.5) is 8.78 Å². The molecule has 1 heterocycles. The third-order valence-electron chi connectivity index (χ3n) is 8.39. The van der Waals surface area contributed by atoms with Crippen molar-refractivity contribution in [1.82, 2.24) is 0 Å². The van der Waals surface area contributed by atoms with E-state index in [1.54, 1.807) is 0 Å². The van der Waals surface area contributed by atoms with Crippen molar-refractivity contribution in [2.24, 2.45) is 17.8 Å². The van der Waals surface area contributed by atoms with Crippen LogP contribution >= 0.6 is 0 Å². The van der Waals surface area contributed by atoms with Gasteiger partial charge in [0.15, 0.2) is 5.79 Å². The van der Waals surface area contributed by atoms with Crippen molar-refractivity contribution in [2.75, 3.05) is 19.8 Å². The summed E-state index contributed by atoms with van der Waals surface area (Å²) in [6, 6.07) is 0. The standard InChI is InChI=1S/C23H32F2O10S/c24-23(25,36(28,29)30)20(27)34-19-15-6-14-7-16(19)10-21(8-14,9-15)32-13-18(26)31-11-17-12-33-22(35-17)4-2-1-3-5-22/h14-17,19H,1-13H2,(H,28,29,30). The molecule has 5 aliphatic carbocycles. The summed E-state index contributed by atoms with van der Waals surface area (Å²) in [7, 11) is -5.93. The number of carbonyl (C=O) groups is 2. The molecule has 36 heavy (non-hydrogen) atoms. The Balaban J connectivity index is 1.11. The molecule has 1 aliphatic heterocycles. The molecule has 0 aromatic carbocycles. The van der Waals surface area contributed by atoms with Gasteiger partial charge in [0, 0.05) is 12.8 Å². The van der Waals surface area contributed by atoms with Crippen LogP contribution in [0, 0.1) is 17.8 Å². The lowest BCUT2D eigenvalue weighted by molar-refractivity contribution is -0.223. The zero-order valence-corrected chi connectivity index (χ0v) is 20.7. The first-order valence-electron chi connectivity index (χ1n) is 12.6. The summed E-state index contributed by atoms with van der Waals surface area (Å²) in [5, 5.41) is -5.02. The number of esters is 2. The van der Waals surface area contributed by atoms with E-state index in [9.17, 15) is 26.8 Å². The lowest BCUT2D eigenvalue weighted by atomic mass is 9.53. The molecule has 0 amide bonds. The van der Waals surface area contributed by atoms with E-state index in [2.05, 4.69) is 0 Å². The van der Waals surface area contributed by atoms with Gasteiger partial charge in [0.25, 0.3) is 0 Å². The molecule has 6 rings (SSSR count). The SMILES string of the molecule is O=C(COC12CC3CC(C1)C(OC(=O)C(F)(F)S(=O)(=O)O)C(C3)C2)OCC1COC2(CCCCC2)O1. The summed E-state index contributed by atoms with van der Waals surface area (Å²) < 4.78 is 86.1. The van der Waals surface area contributed by atoms with Crippen molar-refractivity contribution in [3.05, 3.63) is 0 Å². The average Bonchev–Trinajstić information content (AvgIpc) is 3.19. The molecule has 0 radical (unpaired) electrons. The molecule has 3 unspecified atom stereocenters. The van der Waals surface area contributed by atoms with Crippen LogP contribution in [0.1, 0.15) is 64.2 Å². The van der Waals surface area contributed by atoms with Crippen molar-refractivity contribution >= 4 is 22.1 Å². The van der Waals surface area contributed by atoms with Crippen molar-refractivity contribution < 1.29 is 55.0 Å². The predicted octanol–water partition coefficient (Wildman–Crippen LogP) is 2.59. The first-order valence-corrected chi connectivity index (χ1v) is 14.0. The maximum Gasteiger partial charge on any atom is 0.465 e. The van der Waals surface area contributed by atoms with E-state index in [4.69, 9.17) is 28.2 Å². The zero-order valence-electron chi connectivity index (χ0n) is 19.9. The third-order valence-corrected chi connectivity index (χ3v) is 9.21. The Morgan fingerprint density at radius 3 is 2.36 bits per heavy atom. The number of ether oxygens (including phenoxy) is 5. The summed E-state index contributed by atoms with van der Waals surface area (Å²) in [6.07, 6.45) is 6.49. The molecule has 13 heteroatoms. The zero-order chi connectivity index (χ0) is 25.8. The first-order chi connectivity index (χ1) is 16.9. The van der Waals surface area contributed by atoms with E-state index in [0.29, 0.717) is 38.7 Å². The lowest BCUT2D eigenvalue weighted by Crippen LogP contribution is -2.60. The second kappa shape index (κ2) is 9.40. The van der Waals surface area contributed by atoms with Crippen LogP contribution in [0.5, 0.6) is 0 Å². The van der Waals surface area contributed by atoms with E-state index >= 15 is 0 Å². The topological polar surface area (TPSA) is 135 Å². The molecule has 6 fully saturated rings. The number of hydrogen-bond donors (Lipinski definition) is 1. The number of alkyl halides is 2. The van der Waals surface area contributed by atoms with Crippen LogP contribution in [0.3, 0.4) is 0 Å². The fraction of sp³-hybridized carbons (Fsp3) is 0.913. The van der Waals surface area contributed by atoms with E-state index < -0.39 is 44.8 Å². The maximum absolute atomic E-state index is 13.7. The highest BCUT2D eigenvalue weighted by molar-refractivity contribution is 7.87. The minimum atomic E-state index is -5.93. The van der Waals surface area contributed by atoms with Gasteiger partial charge in [-0.3, -0.25) is 4.55 Å². The Kier molecular flexibility index (Phi) is 6.85. The van der Waals surface area contributed by atoms with Gasteiger partial charge in [-0.15, -0.1) is 0 Å². The van der Waals surface area contributed by atoms with Gasteiger partial charge in [0.2, 0.25) is 0 Å². The molecule has 6 aliphatic rings. The minimum Gasteiger partial charge on any atom is -0.461 e. The molecule has 3 atom stereocenters. The molecule has 0 aromatic heterocycles. The minimum absolute atomic E-state index is 0.0742. The number of hydrogen-bond acceptors (Lipinski definition) is 9. The van der Waals surface area contributed by atoms with E-state index in [-0.39, 0.29) is 37.1 Å². The van der Waals surface area contributed by atoms with Crippen LogP contribution < -0.4 is 0 Å². The monoisotopic (exact) mass is 538 g/mol. The smallest absolute Gasteiger partial charge is 0.461 e. The van der Waals surface area contributed by atoms with Gasteiger partial charge in [-0.05, 0) is 62.7 Å². The third kappa shape index (κ3) is 5.01. The van der Waals surface area contributed by atoms with Gasteiger partial charge < -0.3 is 23.7 Å². The van der Waals surface area contributed by atoms with E-state index in [1.807, 2.05) is 0 Å². The summed E-state index contributed by atoms with van der Waals surface area (Å²) >= 11 is 0. The quantitative estimate of drug-likeness (QED) is 0.363. The highest BCUT2D eigenvalue weighted by Gasteiger charge is 2.60. The van der Waals surface area contributed by atoms with Gasteiger partial charge in [0.05, 0.1) is 12.2 Å². The van der Waals surface area contributed by atoms with E-state index in [0.717, 1.165) is 32.1 Å². The molecule has 1 N–H and O–H groups in total. The molecule has 1 saturated heterocycles. The normalized spacial score (nSPS) is 37.2. The van der Waals surface area contributed by atoms with Gasteiger partial charge in [-0.2, -0.15) is 17.2 Å². The Bertz CT molecular complexity index is 963. The van der Waals surface area contributed by atoms with Crippen LogP contribution in [-0.2, 0) is 43.4 Å². The highest BCUT2D eigenvalue weighted by atomic mass is 32.2. The molecule has 204 valence electrons. The molecule has 10 nitrogen and oxygen atoms in total. The first kappa shape index (κ1) is 26.2. The lowest BCUT2D eigenvalue weighted by Gasteiger charge is -2.58. The van der Waals surface area contributed by atoms with Gasteiger partial charge >= 0.3 is 27.3 Å². The van der Waals surface area contributed by atoms with Crippen LogP contribution in [0.2, 0.25) is 0 Å². The fourth-order valence-corrected chi connectivity index (χ4v) is 7.32. The molecule has 4 bridgehead atoms.